The quantitative estimate of drug-likeness (QED) is 0.869. The fourth-order valence-electron chi connectivity index (χ4n) is 2.33. The second kappa shape index (κ2) is 4.88. The van der Waals surface area contributed by atoms with Gasteiger partial charge < -0.3 is 10.5 Å². The highest BCUT2D eigenvalue weighted by Crippen LogP contribution is 2.32. The van der Waals surface area contributed by atoms with Gasteiger partial charge in [0, 0.05) is 0 Å². The molecule has 0 radical (unpaired) electrons. The Balaban J connectivity index is 1.97. The van der Waals surface area contributed by atoms with Gasteiger partial charge >= 0.3 is 0 Å². The highest BCUT2D eigenvalue weighted by Gasteiger charge is 2.28. The number of aromatic nitrogens is 2. The van der Waals surface area contributed by atoms with Crippen LogP contribution in [0.1, 0.15) is 23.1 Å². The predicted octanol–water partition coefficient (Wildman–Crippen LogP) is 1.59. The summed E-state index contributed by atoms with van der Waals surface area (Å²) in [6, 6.07) is 7.46. The van der Waals surface area contributed by atoms with E-state index in [4.69, 9.17) is 10.5 Å². The van der Waals surface area contributed by atoms with Crippen LogP contribution in [0.2, 0.25) is 0 Å². The molecule has 1 aliphatic heterocycles. The summed E-state index contributed by atoms with van der Waals surface area (Å²) >= 11 is 0. The first-order valence-electron chi connectivity index (χ1n) is 6.58. The summed E-state index contributed by atoms with van der Waals surface area (Å²) in [7, 11) is 0. The minimum absolute atomic E-state index is 0.200. The smallest absolute Gasteiger partial charge is 0.281 e. The summed E-state index contributed by atoms with van der Waals surface area (Å²) in [5.74, 6) is 0.506. The SMILES string of the molecule is CCc1[nH]nc(C(=O)N2CCOc3ccccc32)c1N. The number of carbonyl (C=O) groups excluding carboxylic acids is 1. The fraction of sp³-hybridized carbons (Fsp3) is 0.286. The number of aromatic amines is 1. The molecule has 104 valence electrons. The number of anilines is 2. The van der Waals surface area contributed by atoms with Crippen molar-refractivity contribution in [3.63, 3.8) is 0 Å². The van der Waals surface area contributed by atoms with Crippen molar-refractivity contribution >= 4 is 17.3 Å². The molecule has 1 aromatic carbocycles. The number of H-pyrrole nitrogens is 1. The van der Waals surface area contributed by atoms with E-state index in [1.807, 2.05) is 31.2 Å². The van der Waals surface area contributed by atoms with Crippen LogP contribution in [0.15, 0.2) is 24.3 Å². The maximum atomic E-state index is 12.6. The maximum Gasteiger partial charge on any atom is 0.281 e. The molecule has 2 heterocycles. The number of hydrogen-bond acceptors (Lipinski definition) is 4. The minimum atomic E-state index is -0.200. The number of nitrogens with zero attached hydrogens (tertiary/aromatic N) is 2. The van der Waals surface area contributed by atoms with Crippen LogP contribution < -0.4 is 15.4 Å². The molecule has 20 heavy (non-hydrogen) atoms. The van der Waals surface area contributed by atoms with E-state index in [1.54, 1.807) is 4.90 Å². The molecule has 0 spiro atoms. The van der Waals surface area contributed by atoms with Crippen LogP contribution in [0.25, 0.3) is 0 Å². The molecule has 0 saturated heterocycles. The third kappa shape index (κ3) is 1.89. The fourth-order valence-corrected chi connectivity index (χ4v) is 2.33. The lowest BCUT2D eigenvalue weighted by Gasteiger charge is -2.28. The predicted molar refractivity (Wildman–Crippen MR) is 76.0 cm³/mol. The Morgan fingerprint density at radius 3 is 3.05 bits per heavy atom. The molecule has 0 unspecified atom stereocenters. The largest absolute Gasteiger partial charge is 0.490 e. The van der Waals surface area contributed by atoms with Crippen LogP contribution in [0, 0.1) is 0 Å². The molecule has 3 N–H and O–H groups in total. The Morgan fingerprint density at radius 1 is 1.50 bits per heavy atom. The number of hydrogen-bond donors (Lipinski definition) is 2. The second-order valence-electron chi connectivity index (χ2n) is 4.59. The van der Waals surface area contributed by atoms with E-state index in [1.165, 1.54) is 0 Å². The van der Waals surface area contributed by atoms with Gasteiger partial charge in [0.25, 0.3) is 5.91 Å². The number of benzene rings is 1. The van der Waals surface area contributed by atoms with E-state index < -0.39 is 0 Å². The van der Waals surface area contributed by atoms with E-state index in [2.05, 4.69) is 10.2 Å². The van der Waals surface area contributed by atoms with E-state index in [-0.39, 0.29) is 11.6 Å². The van der Waals surface area contributed by atoms with Crippen molar-refractivity contribution in [2.45, 2.75) is 13.3 Å². The van der Waals surface area contributed by atoms with E-state index in [0.717, 1.165) is 11.4 Å². The lowest BCUT2D eigenvalue weighted by atomic mass is 10.2. The number of rotatable bonds is 2. The van der Waals surface area contributed by atoms with Crippen molar-refractivity contribution in [1.29, 1.82) is 0 Å². The van der Waals surface area contributed by atoms with E-state index in [9.17, 15) is 4.79 Å². The van der Waals surface area contributed by atoms with Gasteiger partial charge in [0.2, 0.25) is 0 Å². The molecule has 1 amide bonds. The normalized spacial score (nSPS) is 13.8. The number of nitrogen functional groups attached to an aromatic ring is 1. The molecule has 0 saturated carbocycles. The Kier molecular flexibility index (Phi) is 3.06. The number of fused-ring (bicyclic) bond motifs is 1. The van der Waals surface area contributed by atoms with Crippen molar-refractivity contribution < 1.29 is 9.53 Å². The number of nitrogens with one attached hydrogen (secondary N) is 1. The first kappa shape index (κ1) is 12.5. The maximum absolute atomic E-state index is 12.6. The summed E-state index contributed by atoms with van der Waals surface area (Å²) in [5, 5.41) is 6.87. The third-order valence-corrected chi connectivity index (χ3v) is 3.41. The minimum Gasteiger partial charge on any atom is -0.490 e. The van der Waals surface area contributed by atoms with Gasteiger partial charge in [0.1, 0.15) is 12.4 Å². The number of ether oxygens (including phenoxy) is 1. The Morgan fingerprint density at radius 2 is 2.30 bits per heavy atom. The van der Waals surface area contributed by atoms with E-state index >= 15 is 0 Å². The zero-order chi connectivity index (χ0) is 14.1. The highest BCUT2D eigenvalue weighted by molar-refractivity contribution is 6.09. The van der Waals surface area contributed by atoms with Gasteiger partial charge in [0.15, 0.2) is 5.69 Å². The third-order valence-electron chi connectivity index (χ3n) is 3.41. The molecular formula is C14H16N4O2. The number of para-hydroxylation sites is 2. The molecule has 6 heteroatoms. The molecule has 2 aromatic rings. The van der Waals surface area contributed by atoms with Crippen molar-refractivity contribution in [2.24, 2.45) is 0 Å². The van der Waals surface area contributed by atoms with Crippen molar-refractivity contribution in [3.8, 4) is 5.75 Å². The first-order chi connectivity index (χ1) is 9.72. The summed E-state index contributed by atoms with van der Waals surface area (Å²) in [5.41, 5.74) is 8.22. The Hall–Kier alpha value is -2.50. The van der Waals surface area contributed by atoms with Crippen LogP contribution >= 0.6 is 0 Å². The molecule has 0 atom stereocenters. The number of aryl methyl sites for hydroxylation is 1. The van der Waals surface area contributed by atoms with Gasteiger partial charge in [-0.15, -0.1) is 0 Å². The Labute approximate surface area is 116 Å². The van der Waals surface area contributed by atoms with Gasteiger partial charge in [-0.2, -0.15) is 5.10 Å². The van der Waals surface area contributed by atoms with Crippen LogP contribution in [-0.2, 0) is 6.42 Å². The van der Waals surface area contributed by atoms with E-state index in [0.29, 0.717) is 31.0 Å². The number of amides is 1. The highest BCUT2D eigenvalue weighted by atomic mass is 16.5. The number of carbonyl (C=O) groups is 1. The Bertz CT molecular complexity index is 650. The molecule has 1 aromatic heterocycles. The lowest BCUT2D eigenvalue weighted by Crippen LogP contribution is -2.38. The zero-order valence-corrected chi connectivity index (χ0v) is 11.2. The molecule has 3 rings (SSSR count). The molecule has 6 nitrogen and oxygen atoms in total. The van der Waals surface area contributed by atoms with Crippen molar-refractivity contribution in [1.82, 2.24) is 10.2 Å². The van der Waals surface area contributed by atoms with Gasteiger partial charge in [-0.3, -0.25) is 14.8 Å². The van der Waals surface area contributed by atoms with Crippen LogP contribution in [0.4, 0.5) is 11.4 Å². The first-order valence-corrected chi connectivity index (χ1v) is 6.58. The zero-order valence-electron chi connectivity index (χ0n) is 11.2. The summed E-state index contributed by atoms with van der Waals surface area (Å²) < 4.78 is 5.54. The number of nitrogens with two attached hydrogens (primary N) is 1. The van der Waals surface area contributed by atoms with Gasteiger partial charge in [0.05, 0.1) is 23.6 Å². The summed E-state index contributed by atoms with van der Waals surface area (Å²) in [6.07, 6.45) is 0.714. The van der Waals surface area contributed by atoms with Gasteiger partial charge in [-0.1, -0.05) is 19.1 Å². The molecule has 0 aliphatic carbocycles. The van der Waals surface area contributed by atoms with Gasteiger partial charge in [-0.05, 0) is 18.6 Å². The van der Waals surface area contributed by atoms with Crippen LogP contribution in [0.5, 0.6) is 5.75 Å². The van der Waals surface area contributed by atoms with Crippen molar-refractivity contribution in [3.05, 3.63) is 35.7 Å². The average molecular weight is 272 g/mol. The molecular weight excluding hydrogens is 256 g/mol. The second-order valence-corrected chi connectivity index (χ2v) is 4.59. The summed E-state index contributed by atoms with van der Waals surface area (Å²) in [6.45, 7) is 2.92. The average Bonchev–Trinajstić information content (AvgIpc) is 2.87. The molecule has 0 bridgehead atoms. The van der Waals surface area contributed by atoms with Gasteiger partial charge in [-0.25, -0.2) is 0 Å². The van der Waals surface area contributed by atoms with Crippen LogP contribution in [-0.4, -0.2) is 29.3 Å². The standard InChI is InChI=1S/C14H16N4O2/c1-2-9-12(15)13(17-16-9)14(19)18-7-8-20-11-6-4-3-5-10(11)18/h3-6H,2,7-8,15H2,1H3,(H,16,17). The van der Waals surface area contributed by atoms with Crippen LogP contribution in [0.3, 0.4) is 0 Å². The monoisotopic (exact) mass is 272 g/mol. The van der Waals surface area contributed by atoms with Crippen molar-refractivity contribution in [2.75, 3.05) is 23.8 Å². The molecule has 0 fully saturated rings. The molecule has 1 aliphatic rings. The summed E-state index contributed by atoms with van der Waals surface area (Å²) in [4.78, 5) is 14.3. The lowest BCUT2D eigenvalue weighted by molar-refractivity contribution is 0.0972. The topological polar surface area (TPSA) is 84.2 Å².